The Morgan fingerprint density at radius 1 is 1.19 bits per heavy atom. The molecule has 1 aromatic carbocycles. The highest BCUT2D eigenvalue weighted by Crippen LogP contribution is 2.41. The van der Waals surface area contributed by atoms with Crippen LogP contribution in [0.3, 0.4) is 0 Å². The van der Waals surface area contributed by atoms with E-state index < -0.39 is 17.9 Å². The van der Waals surface area contributed by atoms with Gasteiger partial charge in [-0.3, -0.25) is 9.59 Å². The molecule has 0 saturated carbocycles. The van der Waals surface area contributed by atoms with Gasteiger partial charge in [0.05, 0.1) is 37.4 Å². The minimum atomic E-state index is -0.733. The summed E-state index contributed by atoms with van der Waals surface area (Å²) >= 11 is 6.08. The third kappa shape index (κ3) is 1.96. The summed E-state index contributed by atoms with van der Waals surface area (Å²) in [7, 11) is 2.91. The second-order valence-corrected chi connectivity index (χ2v) is 5.07. The third-order valence-electron chi connectivity index (χ3n) is 3.57. The lowest BCUT2D eigenvalue weighted by Gasteiger charge is -2.19. The number of fused-ring (bicyclic) bond motifs is 1. The van der Waals surface area contributed by atoms with Crippen molar-refractivity contribution in [1.82, 2.24) is 0 Å². The van der Waals surface area contributed by atoms with Crippen molar-refractivity contribution in [2.45, 2.75) is 6.04 Å². The fourth-order valence-electron chi connectivity index (χ4n) is 2.50. The van der Waals surface area contributed by atoms with Crippen LogP contribution in [0.2, 0.25) is 5.02 Å². The van der Waals surface area contributed by atoms with Gasteiger partial charge in [0, 0.05) is 6.07 Å². The van der Waals surface area contributed by atoms with Crippen molar-refractivity contribution in [1.29, 1.82) is 0 Å². The lowest BCUT2D eigenvalue weighted by Crippen LogP contribution is -2.32. The first-order valence-electron chi connectivity index (χ1n) is 6.24. The molecule has 0 spiro atoms. The van der Waals surface area contributed by atoms with Gasteiger partial charge >= 0.3 is 0 Å². The standard InChI is InChI=1S/C13H12ClN3O4/c1-20-9-4-10(21-2)8(3-7(9)14)17-12(18)6-5-15-16-11(6)13(17)19/h3-4,6,11H,5H2,1-2H3/t6-,11-/m1/s1. The average molecular weight is 310 g/mol. The molecule has 2 amide bonds. The van der Waals surface area contributed by atoms with Gasteiger partial charge in [-0.05, 0) is 6.07 Å². The van der Waals surface area contributed by atoms with Crippen molar-refractivity contribution in [2.24, 2.45) is 16.1 Å². The maximum absolute atomic E-state index is 12.4. The van der Waals surface area contributed by atoms with E-state index >= 15 is 0 Å². The molecule has 1 aromatic rings. The van der Waals surface area contributed by atoms with Crippen LogP contribution in [0.25, 0.3) is 0 Å². The predicted octanol–water partition coefficient (Wildman–Crippen LogP) is 1.68. The first-order valence-corrected chi connectivity index (χ1v) is 6.62. The van der Waals surface area contributed by atoms with Gasteiger partial charge in [0.1, 0.15) is 11.5 Å². The van der Waals surface area contributed by atoms with E-state index in [0.29, 0.717) is 17.2 Å². The van der Waals surface area contributed by atoms with Gasteiger partial charge in [-0.15, -0.1) is 0 Å². The molecule has 1 saturated heterocycles. The van der Waals surface area contributed by atoms with Crippen molar-refractivity contribution < 1.29 is 19.1 Å². The van der Waals surface area contributed by atoms with E-state index in [2.05, 4.69) is 10.2 Å². The maximum atomic E-state index is 12.4. The number of carbonyl (C=O) groups excluding carboxylic acids is 2. The molecule has 7 nitrogen and oxygen atoms in total. The largest absolute Gasteiger partial charge is 0.495 e. The Labute approximate surface area is 125 Å². The van der Waals surface area contributed by atoms with Crippen molar-refractivity contribution >= 4 is 29.1 Å². The normalized spacial score (nSPS) is 23.7. The van der Waals surface area contributed by atoms with Gasteiger partial charge in [-0.1, -0.05) is 11.6 Å². The molecule has 0 radical (unpaired) electrons. The van der Waals surface area contributed by atoms with Gasteiger partial charge in [-0.2, -0.15) is 10.2 Å². The van der Waals surface area contributed by atoms with Crippen LogP contribution in [0.4, 0.5) is 5.69 Å². The monoisotopic (exact) mass is 309 g/mol. The number of azo groups is 1. The van der Waals surface area contributed by atoms with E-state index in [0.717, 1.165) is 4.90 Å². The predicted molar refractivity (Wildman–Crippen MR) is 74.1 cm³/mol. The summed E-state index contributed by atoms with van der Waals surface area (Å²) in [5.41, 5.74) is 0.294. The number of amides is 2. The molecule has 0 aromatic heterocycles. The van der Waals surface area contributed by atoms with Gasteiger partial charge in [0.25, 0.3) is 5.91 Å². The Morgan fingerprint density at radius 2 is 1.90 bits per heavy atom. The second-order valence-electron chi connectivity index (χ2n) is 4.66. The number of hydrogen-bond acceptors (Lipinski definition) is 6. The van der Waals surface area contributed by atoms with Gasteiger partial charge in [-0.25, -0.2) is 4.90 Å². The molecule has 21 heavy (non-hydrogen) atoms. The van der Waals surface area contributed by atoms with E-state index in [1.54, 1.807) is 0 Å². The number of carbonyl (C=O) groups is 2. The van der Waals surface area contributed by atoms with Crippen LogP contribution in [0, 0.1) is 5.92 Å². The summed E-state index contributed by atoms with van der Waals surface area (Å²) in [6.45, 7) is 0.234. The van der Waals surface area contributed by atoms with E-state index in [1.165, 1.54) is 26.4 Å². The van der Waals surface area contributed by atoms with Crippen LogP contribution >= 0.6 is 11.6 Å². The van der Waals surface area contributed by atoms with Crippen LogP contribution in [-0.4, -0.2) is 38.6 Å². The molecule has 110 valence electrons. The minimum Gasteiger partial charge on any atom is -0.495 e. The molecule has 3 rings (SSSR count). The second kappa shape index (κ2) is 5.00. The number of methoxy groups -OCH3 is 2. The number of rotatable bonds is 3. The summed E-state index contributed by atoms with van der Waals surface area (Å²) in [5.74, 6) is -0.547. The van der Waals surface area contributed by atoms with Gasteiger partial charge in [0.15, 0.2) is 6.04 Å². The third-order valence-corrected chi connectivity index (χ3v) is 3.87. The Morgan fingerprint density at radius 3 is 2.52 bits per heavy atom. The number of halogens is 1. The van der Waals surface area contributed by atoms with Crippen LogP contribution in [0.1, 0.15) is 0 Å². The molecular weight excluding hydrogens is 298 g/mol. The minimum absolute atomic E-state index is 0.234. The maximum Gasteiger partial charge on any atom is 0.261 e. The van der Waals surface area contributed by atoms with Crippen LogP contribution in [0.5, 0.6) is 11.5 Å². The molecule has 2 aliphatic rings. The van der Waals surface area contributed by atoms with Gasteiger partial charge in [0.2, 0.25) is 5.91 Å². The fraction of sp³-hybridized carbons (Fsp3) is 0.385. The van der Waals surface area contributed by atoms with E-state index in [4.69, 9.17) is 21.1 Å². The molecule has 8 heteroatoms. The molecule has 0 aliphatic carbocycles. The van der Waals surface area contributed by atoms with E-state index in [1.807, 2.05) is 0 Å². The zero-order valence-corrected chi connectivity index (χ0v) is 12.1. The molecule has 2 aliphatic heterocycles. The summed E-state index contributed by atoms with van der Waals surface area (Å²) in [6.07, 6.45) is 0. The van der Waals surface area contributed by atoms with Crippen molar-refractivity contribution in [3.8, 4) is 11.5 Å². The summed E-state index contributed by atoms with van der Waals surface area (Å²) < 4.78 is 10.3. The highest BCUT2D eigenvalue weighted by atomic mass is 35.5. The highest BCUT2D eigenvalue weighted by molar-refractivity contribution is 6.33. The number of benzene rings is 1. The lowest BCUT2D eigenvalue weighted by atomic mass is 10.1. The summed E-state index contributed by atoms with van der Waals surface area (Å²) in [6, 6.07) is 2.28. The first-order chi connectivity index (χ1) is 10.1. The molecule has 2 heterocycles. The van der Waals surface area contributed by atoms with Crippen molar-refractivity contribution in [3.63, 3.8) is 0 Å². The van der Waals surface area contributed by atoms with Crippen LogP contribution in [-0.2, 0) is 9.59 Å². The number of nitrogens with zero attached hydrogens (tertiary/aromatic N) is 3. The number of anilines is 1. The zero-order chi connectivity index (χ0) is 15.1. The fourth-order valence-corrected chi connectivity index (χ4v) is 2.74. The molecule has 0 unspecified atom stereocenters. The molecule has 0 N–H and O–H groups in total. The van der Waals surface area contributed by atoms with Crippen molar-refractivity contribution in [3.05, 3.63) is 17.2 Å². The van der Waals surface area contributed by atoms with Crippen molar-refractivity contribution in [2.75, 3.05) is 25.7 Å². The average Bonchev–Trinajstić information content (AvgIpc) is 3.04. The molecule has 1 fully saturated rings. The Balaban J connectivity index is 2.08. The summed E-state index contributed by atoms with van der Waals surface area (Å²) in [5, 5.41) is 7.88. The SMILES string of the molecule is COc1cc(OC)c(N2C(=O)[C@@H]3CN=N[C@H]3C2=O)cc1Cl. The van der Waals surface area contributed by atoms with E-state index in [9.17, 15) is 9.59 Å². The quantitative estimate of drug-likeness (QED) is 0.796. The Kier molecular flexibility index (Phi) is 3.29. The first kappa shape index (κ1) is 13.8. The number of ether oxygens (including phenoxy) is 2. The highest BCUT2D eigenvalue weighted by Gasteiger charge is 2.51. The molecular formula is C13H12ClN3O4. The number of imide groups is 1. The van der Waals surface area contributed by atoms with Crippen LogP contribution < -0.4 is 14.4 Å². The molecule has 0 bridgehead atoms. The number of hydrogen-bond donors (Lipinski definition) is 0. The van der Waals surface area contributed by atoms with E-state index in [-0.39, 0.29) is 17.5 Å². The smallest absolute Gasteiger partial charge is 0.261 e. The Bertz CT molecular complexity index is 661. The summed E-state index contributed by atoms with van der Waals surface area (Å²) in [4.78, 5) is 25.8. The molecule has 2 atom stereocenters. The van der Waals surface area contributed by atoms with Crippen LogP contribution in [0.15, 0.2) is 22.4 Å². The Hall–Kier alpha value is -2.15. The topological polar surface area (TPSA) is 80.6 Å². The van der Waals surface area contributed by atoms with Gasteiger partial charge < -0.3 is 9.47 Å². The zero-order valence-electron chi connectivity index (χ0n) is 11.4. The lowest BCUT2D eigenvalue weighted by molar-refractivity contribution is -0.122.